The van der Waals surface area contributed by atoms with E-state index < -0.39 is 0 Å². The molecule has 0 aliphatic carbocycles. The van der Waals surface area contributed by atoms with Gasteiger partial charge in [0.2, 0.25) is 5.91 Å². The Morgan fingerprint density at radius 1 is 0.926 bits per heavy atom. The average molecular weight is 353 g/mol. The van der Waals surface area contributed by atoms with E-state index in [1.54, 1.807) is 6.08 Å². The molecule has 3 aromatic rings. The molecule has 0 spiro atoms. The number of carbonyl (C=O) groups is 1. The number of benzene rings is 3. The predicted octanol–water partition coefficient (Wildman–Crippen LogP) is 5.18. The molecule has 134 valence electrons. The average Bonchev–Trinajstić information content (AvgIpc) is 2.72. The summed E-state index contributed by atoms with van der Waals surface area (Å²) in [6.45, 7) is 2.82. The molecule has 0 saturated heterocycles. The maximum Gasteiger partial charge on any atom is 0.247 e. The molecular weight excluding hydrogens is 330 g/mol. The van der Waals surface area contributed by atoms with Crippen molar-refractivity contribution >= 4 is 12.0 Å². The largest absolute Gasteiger partial charge is 0.328 e. The van der Waals surface area contributed by atoms with E-state index in [0.717, 1.165) is 24.1 Å². The van der Waals surface area contributed by atoms with Crippen LogP contribution < -0.4 is 0 Å². The number of rotatable bonds is 3. The number of amides is 1. The van der Waals surface area contributed by atoms with Crippen LogP contribution in [0, 0.1) is 6.92 Å². The molecule has 3 aromatic carbocycles. The van der Waals surface area contributed by atoms with Crippen LogP contribution in [0.25, 0.3) is 6.08 Å². The van der Waals surface area contributed by atoms with Crippen molar-refractivity contribution in [3.05, 3.63) is 113 Å². The van der Waals surface area contributed by atoms with Crippen molar-refractivity contribution in [3.8, 4) is 0 Å². The van der Waals surface area contributed by atoms with E-state index in [2.05, 4.69) is 55.5 Å². The molecule has 1 heterocycles. The van der Waals surface area contributed by atoms with Gasteiger partial charge in [-0.15, -0.1) is 0 Å². The molecule has 0 fully saturated rings. The Hall–Kier alpha value is -3.13. The first-order valence-corrected chi connectivity index (χ1v) is 9.40. The summed E-state index contributed by atoms with van der Waals surface area (Å²) in [6, 6.07) is 26.9. The zero-order chi connectivity index (χ0) is 18.6. The first-order chi connectivity index (χ1) is 13.2. The van der Waals surface area contributed by atoms with Gasteiger partial charge in [-0.1, -0.05) is 84.4 Å². The van der Waals surface area contributed by atoms with Gasteiger partial charge >= 0.3 is 0 Å². The van der Waals surface area contributed by atoms with Crippen molar-refractivity contribution in [2.24, 2.45) is 0 Å². The molecule has 0 aromatic heterocycles. The van der Waals surface area contributed by atoms with E-state index in [1.165, 1.54) is 16.7 Å². The summed E-state index contributed by atoms with van der Waals surface area (Å²) in [5, 5.41) is 0. The molecule has 4 rings (SSSR count). The SMILES string of the molecule is Cc1ccc([C@H]2c3ccccc3CCN2C(=O)/C=C/c2ccccc2)cc1. The lowest BCUT2D eigenvalue weighted by atomic mass is 9.88. The summed E-state index contributed by atoms with van der Waals surface area (Å²) in [5.41, 5.74) is 5.99. The zero-order valence-corrected chi connectivity index (χ0v) is 15.5. The van der Waals surface area contributed by atoms with E-state index in [9.17, 15) is 4.79 Å². The van der Waals surface area contributed by atoms with Crippen LogP contribution in [0.1, 0.15) is 33.9 Å². The van der Waals surface area contributed by atoms with Gasteiger partial charge in [0, 0.05) is 12.6 Å². The van der Waals surface area contributed by atoms with Crippen LogP contribution >= 0.6 is 0 Å². The molecular formula is C25H23NO. The summed E-state index contributed by atoms with van der Waals surface area (Å²) in [5.74, 6) is 0.0546. The third kappa shape index (κ3) is 3.70. The highest BCUT2D eigenvalue weighted by Crippen LogP contribution is 2.35. The van der Waals surface area contributed by atoms with Gasteiger partial charge in [-0.3, -0.25) is 4.79 Å². The molecule has 0 radical (unpaired) electrons. The van der Waals surface area contributed by atoms with Crippen molar-refractivity contribution in [2.75, 3.05) is 6.54 Å². The number of carbonyl (C=O) groups excluding carboxylic acids is 1. The number of nitrogens with zero attached hydrogens (tertiary/aromatic N) is 1. The third-order valence-corrected chi connectivity index (χ3v) is 5.18. The minimum absolute atomic E-state index is 0.0385. The quantitative estimate of drug-likeness (QED) is 0.594. The Labute approximate surface area is 160 Å². The maximum absolute atomic E-state index is 13.1. The second kappa shape index (κ2) is 7.63. The van der Waals surface area contributed by atoms with Gasteiger partial charge < -0.3 is 4.90 Å². The second-order valence-corrected chi connectivity index (χ2v) is 7.04. The Morgan fingerprint density at radius 3 is 2.41 bits per heavy atom. The van der Waals surface area contributed by atoms with Crippen LogP contribution in [0.5, 0.6) is 0 Å². The van der Waals surface area contributed by atoms with Gasteiger partial charge in [-0.25, -0.2) is 0 Å². The lowest BCUT2D eigenvalue weighted by molar-refractivity contribution is -0.127. The fraction of sp³-hybridized carbons (Fsp3) is 0.160. The smallest absolute Gasteiger partial charge is 0.247 e. The molecule has 2 nitrogen and oxygen atoms in total. The lowest BCUT2D eigenvalue weighted by Gasteiger charge is -2.37. The zero-order valence-electron chi connectivity index (χ0n) is 15.5. The van der Waals surface area contributed by atoms with Crippen LogP contribution in [0.4, 0.5) is 0 Å². The molecule has 0 bridgehead atoms. The van der Waals surface area contributed by atoms with Crippen LogP contribution in [0.2, 0.25) is 0 Å². The van der Waals surface area contributed by atoms with Gasteiger partial charge in [-0.2, -0.15) is 0 Å². The van der Waals surface area contributed by atoms with Crippen molar-refractivity contribution in [1.29, 1.82) is 0 Å². The van der Waals surface area contributed by atoms with Crippen LogP contribution in [0.15, 0.2) is 84.9 Å². The lowest BCUT2D eigenvalue weighted by Crippen LogP contribution is -2.39. The number of aryl methyl sites for hydroxylation is 1. The second-order valence-electron chi connectivity index (χ2n) is 7.04. The summed E-state index contributed by atoms with van der Waals surface area (Å²) in [4.78, 5) is 15.1. The fourth-order valence-electron chi connectivity index (χ4n) is 3.74. The Balaban J connectivity index is 1.69. The van der Waals surface area contributed by atoms with E-state index >= 15 is 0 Å². The van der Waals surface area contributed by atoms with E-state index in [4.69, 9.17) is 0 Å². The van der Waals surface area contributed by atoms with Gasteiger partial charge in [0.15, 0.2) is 0 Å². The molecule has 2 heteroatoms. The molecule has 0 unspecified atom stereocenters. The molecule has 0 saturated carbocycles. The normalized spacial score (nSPS) is 16.3. The molecule has 1 aliphatic rings. The first-order valence-electron chi connectivity index (χ1n) is 9.40. The van der Waals surface area contributed by atoms with Gasteiger partial charge in [0.05, 0.1) is 6.04 Å². The highest BCUT2D eigenvalue weighted by atomic mass is 16.2. The van der Waals surface area contributed by atoms with E-state index in [-0.39, 0.29) is 11.9 Å². The molecule has 1 aliphatic heterocycles. The number of hydrogen-bond acceptors (Lipinski definition) is 1. The Morgan fingerprint density at radius 2 is 1.63 bits per heavy atom. The van der Waals surface area contributed by atoms with Crippen LogP contribution in [-0.2, 0) is 11.2 Å². The fourth-order valence-corrected chi connectivity index (χ4v) is 3.74. The standard InChI is InChI=1S/C25H23NO/c1-19-11-14-22(15-12-19)25-23-10-6-5-9-21(23)17-18-26(25)24(27)16-13-20-7-3-2-4-8-20/h2-16,25H,17-18H2,1H3/b16-13+/t25-/m0/s1. The molecule has 1 atom stereocenters. The highest BCUT2D eigenvalue weighted by molar-refractivity contribution is 5.92. The van der Waals surface area contributed by atoms with Crippen molar-refractivity contribution in [2.45, 2.75) is 19.4 Å². The minimum atomic E-state index is -0.0385. The van der Waals surface area contributed by atoms with Gasteiger partial charge in [0.1, 0.15) is 0 Å². The number of hydrogen-bond donors (Lipinski definition) is 0. The topological polar surface area (TPSA) is 20.3 Å². The summed E-state index contributed by atoms with van der Waals surface area (Å²) >= 11 is 0. The summed E-state index contributed by atoms with van der Waals surface area (Å²) in [7, 11) is 0. The van der Waals surface area contributed by atoms with E-state index in [0.29, 0.717) is 0 Å². The van der Waals surface area contributed by atoms with Crippen molar-refractivity contribution < 1.29 is 4.79 Å². The third-order valence-electron chi connectivity index (χ3n) is 5.18. The first kappa shape index (κ1) is 17.3. The molecule has 27 heavy (non-hydrogen) atoms. The Bertz CT molecular complexity index is 957. The van der Waals surface area contributed by atoms with E-state index in [1.807, 2.05) is 41.3 Å². The molecule has 1 amide bonds. The minimum Gasteiger partial charge on any atom is -0.328 e. The van der Waals surface area contributed by atoms with Crippen LogP contribution in [0.3, 0.4) is 0 Å². The maximum atomic E-state index is 13.1. The predicted molar refractivity (Wildman–Crippen MR) is 110 cm³/mol. The van der Waals surface area contributed by atoms with Crippen molar-refractivity contribution in [1.82, 2.24) is 4.90 Å². The summed E-state index contributed by atoms with van der Waals surface area (Å²) < 4.78 is 0. The van der Waals surface area contributed by atoms with Gasteiger partial charge in [-0.05, 0) is 41.7 Å². The number of fused-ring (bicyclic) bond motifs is 1. The monoisotopic (exact) mass is 353 g/mol. The van der Waals surface area contributed by atoms with Gasteiger partial charge in [0.25, 0.3) is 0 Å². The van der Waals surface area contributed by atoms with Crippen LogP contribution in [-0.4, -0.2) is 17.4 Å². The summed E-state index contributed by atoms with van der Waals surface area (Å²) in [6.07, 6.45) is 4.49. The Kier molecular flexibility index (Phi) is 4.88. The van der Waals surface area contributed by atoms with Crippen molar-refractivity contribution in [3.63, 3.8) is 0 Å². The highest BCUT2D eigenvalue weighted by Gasteiger charge is 2.30. The molecule has 0 N–H and O–H groups in total.